The number of hydrogen-bond donors (Lipinski definition) is 1. The second-order valence-electron chi connectivity index (χ2n) is 4.59. The third-order valence-electron chi connectivity index (χ3n) is 3.14. The average molecular weight is 287 g/mol. The van der Waals surface area contributed by atoms with Crippen molar-refractivity contribution in [2.45, 2.75) is 57.3 Å². The summed E-state index contributed by atoms with van der Waals surface area (Å²) < 4.78 is 5.44. The van der Waals surface area contributed by atoms with E-state index in [-0.39, 0.29) is 0 Å². The van der Waals surface area contributed by atoms with Crippen molar-refractivity contribution in [3.63, 3.8) is 0 Å². The number of aryl methyl sites for hydroxylation is 1. The van der Waals surface area contributed by atoms with Gasteiger partial charge in [0, 0.05) is 18.2 Å². The van der Waals surface area contributed by atoms with Crippen LogP contribution in [-0.4, -0.2) is 27.7 Å². The monoisotopic (exact) mass is 287 g/mol. The molecule has 1 heterocycles. The van der Waals surface area contributed by atoms with E-state index in [2.05, 4.69) is 42.4 Å². The van der Waals surface area contributed by atoms with Crippen LogP contribution in [0.25, 0.3) is 0 Å². The number of nitrogens with zero attached hydrogens (tertiary/aromatic N) is 2. The highest BCUT2D eigenvalue weighted by atomic mass is 32.2. The maximum Gasteiger partial charge on any atom is 0.170 e. The molecule has 2 atom stereocenters. The molecule has 1 aromatic heterocycles. The van der Waals surface area contributed by atoms with Crippen LogP contribution in [0, 0.1) is 5.92 Å². The van der Waals surface area contributed by atoms with Crippen LogP contribution >= 0.6 is 23.3 Å². The average Bonchev–Trinajstić information content (AvgIpc) is 2.86. The summed E-state index contributed by atoms with van der Waals surface area (Å²) in [6.45, 7) is 10.0. The summed E-state index contributed by atoms with van der Waals surface area (Å²) in [6.07, 6.45) is 3.34. The summed E-state index contributed by atoms with van der Waals surface area (Å²) in [4.78, 5) is 4.51. The molecule has 0 aliphatic rings. The molecule has 0 saturated carbocycles. The Hall–Kier alpha value is -0.130. The Morgan fingerprint density at radius 2 is 2.11 bits per heavy atom. The van der Waals surface area contributed by atoms with Gasteiger partial charge in [0.15, 0.2) is 4.34 Å². The fourth-order valence-corrected chi connectivity index (χ4v) is 3.60. The Kier molecular flexibility index (Phi) is 7.86. The van der Waals surface area contributed by atoms with Crippen LogP contribution in [0.5, 0.6) is 0 Å². The number of aromatic nitrogens is 2. The minimum Gasteiger partial charge on any atom is -0.313 e. The Bertz CT molecular complexity index is 328. The van der Waals surface area contributed by atoms with Crippen molar-refractivity contribution in [3.8, 4) is 0 Å². The summed E-state index contributed by atoms with van der Waals surface area (Å²) in [5.74, 6) is 2.78. The molecular formula is C13H25N3S2. The Balaban J connectivity index is 2.44. The highest BCUT2D eigenvalue weighted by molar-refractivity contribution is 8.00. The highest BCUT2D eigenvalue weighted by Gasteiger charge is 2.16. The van der Waals surface area contributed by atoms with Gasteiger partial charge >= 0.3 is 0 Å². The lowest BCUT2D eigenvalue weighted by molar-refractivity contribution is 0.397. The van der Waals surface area contributed by atoms with Gasteiger partial charge in [0.25, 0.3) is 0 Å². The second kappa shape index (κ2) is 8.88. The van der Waals surface area contributed by atoms with Crippen molar-refractivity contribution in [3.05, 3.63) is 5.82 Å². The van der Waals surface area contributed by atoms with Crippen LogP contribution in [0.15, 0.2) is 4.34 Å². The van der Waals surface area contributed by atoms with E-state index in [9.17, 15) is 0 Å². The van der Waals surface area contributed by atoms with Gasteiger partial charge in [-0.05, 0) is 30.4 Å². The van der Waals surface area contributed by atoms with E-state index >= 15 is 0 Å². The summed E-state index contributed by atoms with van der Waals surface area (Å²) in [6, 6.07) is 0.578. The SMILES string of the molecule is CCCNC(CSc1nc(CC)ns1)C(C)CC. The second-order valence-corrected chi connectivity index (χ2v) is 6.61. The molecule has 0 amide bonds. The first-order valence-corrected chi connectivity index (χ1v) is 8.65. The normalized spacial score (nSPS) is 14.7. The Morgan fingerprint density at radius 3 is 2.67 bits per heavy atom. The molecule has 0 bridgehead atoms. The van der Waals surface area contributed by atoms with E-state index < -0.39 is 0 Å². The molecule has 18 heavy (non-hydrogen) atoms. The summed E-state index contributed by atoms with van der Waals surface area (Å²) in [5.41, 5.74) is 0. The van der Waals surface area contributed by atoms with Crippen molar-refractivity contribution in [1.29, 1.82) is 0 Å². The van der Waals surface area contributed by atoms with Crippen molar-refractivity contribution in [2.75, 3.05) is 12.3 Å². The number of nitrogens with one attached hydrogen (secondary N) is 1. The summed E-state index contributed by atoms with van der Waals surface area (Å²) in [5, 5.41) is 3.65. The molecule has 0 aliphatic carbocycles. The predicted octanol–water partition coefficient (Wildman–Crippen LogP) is 3.61. The largest absolute Gasteiger partial charge is 0.313 e. The molecule has 0 fully saturated rings. The smallest absolute Gasteiger partial charge is 0.170 e. The maximum absolute atomic E-state index is 4.51. The quantitative estimate of drug-likeness (QED) is 0.704. The minimum atomic E-state index is 0.578. The lowest BCUT2D eigenvalue weighted by Gasteiger charge is -2.23. The molecule has 1 rings (SSSR count). The van der Waals surface area contributed by atoms with E-state index in [1.165, 1.54) is 24.4 Å². The zero-order valence-corrected chi connectivity index (χ0v) is 13.5. The third kappa shape index (κ3) is 5.24. The first-order chi connectivity index (χ1) is 8.71. The van der Waals surface area contributed by atoms with Crippen LogP contribution in [0.4, 0.5) is 0 Å². The fourth-order valence-electron chi connectivity index (χ4n) is 1.64. The number of thioether (sulfide) groups is 1. The first-order valence-electron chi connectivity index (χ1n) is 6.89. The molecule has 3 nitrogen and oxygen atoms in total. The van der Waals surface area contributed by atoms with Gasteiger partial charge in [-0.3, -0.25) is 0 Å². The number of rotatable bonds is 9. The standard InChI is InChI=1S/C13H25N3S2/c1-5-8-14-11(10(4)6-2)9-17-13-15-12(7-3)16-18-13/h10-11,14H,5-9H2,1-4H3. The minimum absolute atomic E-state index is 0.578. The highest BCUT2D eigenvalue weighted by Crippen LogP contribution is 2.23. The van der Waals surface area contributed by atoms with E-state index in [0.717, 1.165) is 28.9 Å². The van der Waals surface area contributed by atoms with Crippen molar-refractivity contribution in [1.82, 2.24) is 14.7 Å². The van der Waals surface area contributed by atoms with E-state index in [1.54, 1.807) is 0 Å². The predicted molar refractivity (Wildman–Crippen MR) is 81.5 cm³/mol. The fraction of sp³-hybridized carbons (Fsp3) is 0.846. The van der Waals surface area contributed by atoms with Crippen LogP contribution in [0.3, 0.4) is 0 Å². The van der Waals surface area contributed by atoms with E-state index in [0.29, 0.717) is 12.0 Å². The molecule has 0 saturated heterocycles. The van der Waals surface area contributed by atoms with Gasteiger partial charge in [0.1, 0.15) is 5.82 Å². The van der Waals surface area contributed by atoms with Crippen LogP contribution in [0.1, 0.15) is 46.4 Å². The lowest BCUT2D eigenvalue weighted by Crippen LogP contribution is -2.37. The van der Waals surface area contributed by atoms with Gasteiger partial charge in [0.05, 0.1) is 0 Å². The van der Waals surface area contributed by atoms with Crippen LogP contribution in [0.2, 0.25) is 0 Å². The summed E-state index contributed by atoms with van der Waals surface area (Å²) >= 11 is 3.37. The zero-order chi connectivity index (χ0) is 13.4. The Labute approximate surface area is 119 Å². The van der Waals surface area contributed by atoms with Gasteiger partial charge in [-0.2, -0.15) is 4.37 Å². The van der Waals surface area contributed by atoms with Crippen molar-refractivity contribution >= 4 is 23.3 Å². The van der Waals surface area contributed by atoms with Gasteiger partial charge in [-0.1, -0.05) is 45.9 Å². The Morgan fingerprint density at radius 1 is 1.33 bits per heavy atom. The number of hydrogen-bond acceptors (Lipinski definition) is 5. The molecule has 0 aliphatic heterocycles. The van der Waals surface area contributed by atoms with Gasteiger partial charge < -0.3 is 5.32 Å². The van der Waals surface area contributed by atoms with Crippen LogP contribution in [-0.2, 0) is 6.42 Å². The molecular weight excluding hydrogens is 262 g/mol. The van der Waals surface area contributed by atoms with Crippen LogP contribution < -0.4 is 5.32 Å². The van der Waals surface area contributed by atoms with Crippen molar-refractivity contribution in [2.24, 2.45) is 5.92 Å². The van der Waals surface area contributed by atoms with Crippen molar-refractivity contribution < 1.29 is 0 Å². The van der Waals surface area contributed by atoms with Gasteiger partial charge in [-0.15, -0.1) is 0 Å². The summed E-state index contributed by atoms with van der Waals surface area (Å²) in [7, 11) is 0. The molecule has 5 heteroatoms. The first kappa shape index (κ1) is 15.9. The van der Waals surface area contributed by atoms with E-state index in [4.69, 9.17) is 0 Å². The lowest BCUT2D eigenvalue weighted by atomic mass is 10.0. The van der Waals surface area contributed by atoms with Gasteiger partial charge in [-0.25, -0.2) is 4.98 Å². The molecule has 104 valence electrons. The molecule has 0 spiro atoms. The molecule has 1 N–H and O–H groups in total. The third-order valence-corrected chi connectivity index (χ3v) is 5.13. The molecule has 1 aromatic rings. The maximum atomic E-state index is 4.51. The van der Waals surface area contributed by atoms with Gasteiger partial charge in [0.2, 0.25) is 0 Å². The topological polar surface area (TPSA) is 37.8 Å². The molecule has 0 radical (unpaired) electrons. The molecule has 2 unspecified atom stereocenters. The molecule has 0 aromatic carbocycles. The van der Waals surface area contributed by atoms with E-state index in [1.807, 2.05) is 11.8 Å². The zero-order valence-electron chi connectivity index (χ0n) is 11.9.